The van der Waals surface area contributed by atoms with Crippen molar-refractivity contribution in [3.05, 3.63) is 34.3 Å². The first kappa shape index (κ1) is 14.9. The molecule has 8 heteroatoms. The second-order valence-corrected chi connectivity index (χ2v) is 7.06. The molecule has 0 aliphatic carbocycles. The van der Waals surface area contributed by atoms with Gasteiger partial charge in [-0.2, -0.15) is 0 Å². The van der Waals surface area contributed by atoms with Crippen LogP contribution in [0.4, 0.5) is 5.95 Å². The average molecular weight is 312 g/mol. The Balaban J connectivity index is 2.06. The van der Waals surface area contributed by atoms with Crippen molar-refractivity contribution < 1.29 is 8.42 Å². The van der Waals surface area contributed by atoms with Crippen molar-refractivity contribution >= 4 is 27.3 Å². The van der Waals surface area contributed by atoms with Gasteiger partial charge in [-0.05, 0) is 18.6 Å². The molecule has 2 N–H and O–H groups in total. The molecule has 2 heterocycles. The van der Waals surface area contributed by atoms with Crippen molar-refractivity contribution in [3.8, 4) is 0 Å². The number of hydrogen-bond donors (Lipinski definition) is 2. The molecule has 0 fully saturated rings. The number of nitrogens with zero attached hydrogens (tertiary/aromatic N) is 2. The van der Waals surface area contributed by atoms with E-state index in [-0.39, 0.29) is 11.4 Å². The summed E-state index contributed by atoms with van der Waals surface area (Å²) in [6.07, 6.45) is 3.52. The molecular formula is C12H16N4O2S2. The van der Waals surface area contributed by atoms with Crippen LogP contribution >= 0.6 is 11.3 Å². The fraction of sp³-hybridized carbons (Fsp3) is 0.333. The van der Waals surface area contributed by atoms with Gasteiger partial charge in [0.2, 0.25) is 16.0 Å². The van der Waals surface area contributed by atoms with Crippen molar-refractivity contribution in [2.75, 3.05) is 12.4 Å². The lowest BCUT2D eigenvalue weighted by Gasteiger charge is -2.05. The maximum absolute atomic E-state index is 12.1. The van der Waals surface area contributed by atoms with Gasteiger partial charge in [0.05, 0.1) is 12.4 Å². The molecule has 0 spiro atoms. The zero-order valence-corrected chi connectivity index (χ0v) is 12.9. The highest BCUT2D eigenvalue weighted by Crippen LogP contribution is 2.17. The Morgan fingerprint density at radius 3 is 2.40 bits per heavy atom. The Labute approximate surface area is 122 Å². The van der Waals surface area contributed by atoms with Gasteiger partial charge in [-0.1, -0.05) is 6.92 Å². The lowest BCUT2D eigenvalue weighted by Crippen LogP contribution is -2.23. The largest absolute Gasteiger partial charge is 0.357 e. The minimum Gasteiger partial charge on any atom is -0.357 e. The van der Waals surface area contributed by atoms with E-state index in [1.807, 2.05) is 12.1 Å². The highest BCUT2D eigenvalue weighted by molar-refractivity contribution is 7.89. The third-order valence-electron chi connectivity index (χ3n) is 2.66. The summed E-state index contributed by atoms with van der Waals surface area (Å²) in [5.41, 5.74) is 0. The third kappa shape index (κ3) is 3.53. The number of thiophene rings is 1. The van der Waals surface area contributed by atoms with Crippen LogP contribution in [0.2, 0.25) is 0 Å². The van der Waals surface area contributed by atoms with Crippen LogP contribution in [-0.4, -0.2) is 25.4 Å². The lowest BCUT2D eigenvalue weighted by molar-refractivity contribution is 0.581. The van der Waals surface area contributed by atoms with Gasteiger partial charge < -0.3 is 5.32 Å². The van der Waals surface area contributed by atoms with Gasteiger partial charge in [0, 0.05) is 23.3 Å². The van der Waals surface area contributed by atoms with Crippen LogP contribution in [-0.2, 0) is 23.0 Å². The second-order valence-electron chi connectivity index (χ2n) is 4.04. The lowest BCUT2D eigenvalue weighted by atomic mass is 10.4. The van der Waals surface area contributed by atoms with E-state index in [9.17, 15) is 8.42 Å². The number of anilines is 1. The summed E-state index contributed by atoms with van der Waals surface area (Å²) in [6.45, 7) is 2.35. The van der Waals surface area contributed by atoms with Crippen LogP contribution in [0.5, 0.6) is 0 Å². The van der Waals surface area contributed by atoms with Crippen molar-refractivity contribution in [3.63, 3.8) is 0 Å². The summed E-state index contributed by atoms with van der Waals surface area (Å²) in [6, 6.07) is 3.95. The summed E-state index contributed by atoms with van der Waals surface area (Å²) >= 11 is 1.61. The first-order valence-electron chi connectivity index (χ1n) is 6.12. The van der Waals surface area contributed by atoms with E-state index in [2.05, 4.69) is 26.9 Å². The number of nitrogens with one attached hydrogen (secondary N) is 2. The zero-order valence-electron chi connectivity index (χ0n) is 11.3. The maximum atomic E-state index is 12.1. The highest BCUT2D eigenvalue weighted by Gasteiger charge is 2.15. The van der Waals surface area contributed by atoms with Gasteiger partial charge in [-0.15, -0.1) is 11.3 Å². The van der Waals surface area contributed by atoms with Gasteiger partial charge >= 0.3 is 0 Å². The molecule has 0 aliphatic rings. The molecule has 0 aromatic carbocycles. The Morgan fingerprint density at radius 2 is 1.85 bits per heavy atom. The minimum absolute atomic E-state index is 0.0590. The average Bonchev–Trinajstić information content (AvgIpc) is 2.93. The van der Waals surface area contributed by atoms with Gasteiger partial charge in [-0.25, -0.2) is 23.1 Å². The third-order valence-corrected chi connectivity index (χ3v) is 5.25. The molecule has 0 saturated heterocycles. The Hall–Kier alpha value is -1.51. The summed E-state index contributed by atoms with van der Waals surface area (Å²) in [7, 11) is -1.91. The zero-order chi connectivity index (χ0) is 14.6. The summed E-state index contributed by atoms with van der Waals surface area (Å²) in [4.78, 5) is 10.1. The summed E-state index contributed by atoms with van der Waals surface area (Å²) in [5.74, 6) is 0.384. The number of aryl methyl sites for hydroxylation is 1. The van der Waals surface area contributed by atoms with Gasteiger partial charge in [0.15, 0.2) is 0 Å². The van der Waals surface area contributed by atoms with E-state index < -0.39 is 10.0 Å². The highest BCUT2D eigenvalue weighted by atomic mass is 32.2. The predicted octanol–water partition coefficient (Wildman–Crippen LogP) is 1.62. The van der Waals surface area contributed by atoms with Gasteiger partial charge in [0.1, 0.15) is 4.90 Å². The maximum Gasteiger partial charge on any atom is 0.243 e. The van der Waals surface area contributed by atoms with Crippen LogP contribution < -0.4 is 10.0 Å². The van der Waals surface area contributed by atoms with Crippen LogP contribution in [0, 0.1) is 0 Å². The fourth-order valence-electron chi connectivity index (χ4n) is 1.54. The molecule has 0 amide bonds. The first-order chi connectivity index (χ1) is 9.55. The van der Waals surface area contributed by atoms with Gasteiger partial charge in [0.25, 0.3) is 0 Å². The quantitative estimate of drug-likeness (QED) is 0.847. The molecular weight excluding hydrogens is 296 g/mol. The van der Waals surface area contributed by atoms with Crippen LogP contribution in [0.1, 0.15) is 16.7 Å². The van der Waals surface area contributed by atoms with Crippen LogP contribution in [0.15, 0.2) is 29.4 Å². The molecule has 0 radical (unpaired) electrons. The smallest absolute Gasteiger partial charge is 0.243 e. The minimum atomic E-state index is -3.58. The van der Waals surface area contributed by atoms with E-state index in [0.29, 0.717) is 5.95 Å². The van der Waals surface area contributed by atoms with E-state index in [4.69, 9.17) is 0 Å². The molecule has 0 unspecified atom stereocenters. The van der Waals surface area contributed by atoms with Crippen LogP contribution in [0.25, 0.3) is 0 Å². The molecule has 0 saturated carbocycles. The second kappa shape index (κ2) is 6.29. The Morgan fingerprint density at radius 1 is 1.20 bits per heavy atom. The van der Waals surface area contributed by atoms with E-state index in [0.717, 1.165) is 11.3 Å². The molecule has 2 aromatic heterocycles. The Bertz CT molecular complexity index is 665. The topological polar surface area (TPSA) is 84.0 Å². The number of hydrogen-bond acceptors (Lipinski definition) is 6. The van der Waals surface area contributed by atoms with Crippen molar-refractivity contribution in [1.82, 2.24) is 14.7 Å². The fourth-order valence-corrected chi connectivity index (χ4v) is 3.42. The van der Waals surface area contributed by atoms with E-state index in [1.165, 1.54) is 17.3 Å². The number of rotatable bonds is 6. The summed E-state index contributed by atoms with van der Waals surface area (Å²) in [5, 5.41) is 2.74. The molecule has 108 valence electrons. The van der Waals surface area contributed by atoms with Crippen molar-refractivity contribution in [2.45, 2.75) is 24.8 Å². The van der Waals surface area contributed by atoms with Crippen molar-refractivity contribution in [1.29, 1.82) is 0 Å². The molecule has 0 aliphatic heterocycles. The monoisotopic (exact) mass is 312 g/mol. The molecule has 0 bridgehead atoms. The number of aromatic nitrogens is 2. The molecule has 0 atom stereocenters. The van der Waals surface area contributed by atoms with Crippen LogP contribution in [0.3, 0.4) is 0 Å². The molecule has 6 nitrogen and oxygen atoms in total. The van der Waals surface area contributed by atoms with Crippen molar-refractivity contribution in [2.24, 2.45) is 0 Å². The predicted molar refractivity (Wildman–Crippen MR) is 79.3 cm³/mol. The SMILES string of the molecule is CCc1ccc(CNS(=O)(=O)c2cnc(NC)nc2)s1. The molecule has 2 rings (SSSR count). The Kier molecular flexibility index (Phi) is 4.69. The van der Waals surface area contributed by atoms with E-state index >= 15 is 0 Å². The van der Waals surface area contributed by atoms with Gasteiger partial charge in [-0.3, -0.25) is 0 Å². The number of sulfonamides is 1. The standard InChI is InChI=1S/C12H16N4O2S2/c1-3-9-4-5-10(19-9)6-16-20(17,18)11-7-14-12(13-2)15-8-11/h4-5,7-8,16H,3,6H2,1-2H3,(H,13,14,15). The normalized spacial score (nSPS) is 11.5. The molecule has 20 heavy (non-hydrogen) atoms. The van der Waals surface area contributed by atoms with E-state index in [1.54, 1.807) is 18.4 Å². The summed E-state index contributed by atoms with van der Waals surface area (Å²) < 4.78 is 26.7. The first-order valence-corrected chi connectivity index (χ1v) is 8.42. The molecule has 2 aromatic rings.